The molecule has 2 aliphatic rings. The molecule has 1 spiro atoms. The number of guanidine groups is 1. The molecule has 25 heavy (non-hydrogen) atoms. The number of ether oxygens (including phenoxy) is 1. The predicted molar refractivity (Wildman–Crippen MR) is 99.2 cm³/mol. The molecule has 138 valence electrons. The van der Waals surface area contributed by atoms with Crippen LogP contribution in [-0.4, -0.2) is 58.9 Å². The van der Waals surface area contributed by atoms with Crippen LogP contribution in [-0.2, 0) is 21.3 Å². The third-order valence-corrected chi connectivity index (χ3v) is 5.45. The number of anilines is 1. The number of rotatable bonds is 4. The van der Waals surface area contributed by atoms with Gasteiger partial charge in [0.15, 0.2) is 5.96 Å². The molecule has 0 radical (unpaired) electrons. The van der Waals surface area contributed by atoms with E-state index in [0.29, 0.717) is 17.6 Å². The minimum atomic E-state index is -3.24. The maximum atomic E-state index is 11.2. The summed E-state index contributed by atoms with van der Waals surface area (Å²) in [7, 11) is -1.44. The van der Waals surface area contributed by atoms with Gasteiger partial charge in [-0.15, -0.1) is 0 Å². The Labute approximate surface area is 149 Å². The minimum absolute atomic E-state index is 0.302. The molecule has 1 atom stereocenters. The summed E-state index contributed by atoms with van der Waals surface area (Å²) >= 11 is 0. The maximum Gasteiger partial charge on any atom is 0.229 e. The first kappa shape index (κ1) is 18.0. The van der Waals surface area contributed by atoms with E-state index < -0.39 is 10.0 Å². The zero-order valence-electron chi connectivity index (χ0n) is 14.8. The van der Waals surface area contributed by atoms with Crippen molar-refractivity contribution in [2.75, 3.05) is 44.3 Å². The van der Waals surface area contributed by atoms with Crippen molar-refractivity contribution >= 4 is 21.7 Å². The number of likely N-dealkylation sites (tertiary alicyclic amines) is 1. The topological polar surface area (TPSA) is 83.0 Å². The van der Waals surface area contributed by atoms with E-state index >= 15 is 0 Å². The van der Waals surface area contributed by atoms with Crippen LogP contribution in [0.4, 0.5) is 5.69 Å². The van der Waals surface area contributed by atoms with Gasteiger partial charge in [0.2, 0.25) is 10.0 Å². The lowest BCUT2D eigenvalue weighted by Gasteiger charge is -2.25. The summed E-state index contributed by atoms with van der Waals surface area (Å²) in [5, 5.41) is 3.40. The van der Waals surface area contributed by atoms with Gasteiger partial charge in [-0.25, -0.2) is 8.42 Å². The smallest absolute Gasteiger partial charge is 0.229 e. The third kappa shape index (κ3) is 4.64. The predicted octanol–water partition coefficient (Wildman–Crippen LogP) is 1.25. The van der Waals surface area contributed by atoms with Crippen LogP contribution in [0.3, 0.4) is 0 Å². The second kappa shape index (κ2) is 7.21. The van der Waals surface area contributed by atoms with Gasteiger partial charge in [0.1, 0.15) is 0 Å². The van der Waals surface area contributed by atoms with Gasteiger partial charge < -0.3 is 15.0 Å². The van der Waals surface area contributed by atoms with Crippen LogP contribution in [0.15, 0.2) is 29.3 Å². The summed E-state index contributed by atoms with van der Waals surface area (Å²) in [4.78, 5) is 6.70. The number of aliphatic imine (C=N–C) groups is 1. The molecule has 0 bridgehead atoms. The number of hydrogen-bond acceptors (Lipinski definition) is 4. The molecule has 8 heteroatoms. The Morgan fingerprint density at radius 3 is 2.68 bits per heavy atom. The van der Waals surface area contributed by atoms with Crippen molar-refractivity contribution in [2.24, 2.45) is 10.4 Å². The normalized spacial score (nSPS) is 24.1. The molecule has 2 fully saturated rings. The van der Waals surface area contributed by atoms with E-state index in [2.05, 4.69) is 19.9 Å². The lowest BCUT2D eigenvalue weighted by molar-refractivity contribution is 0.156. The van der Waals surface area contributed by atoms with Gasteiger partial charge in [-0.2, -0.15) is 0 Å². The molecule has 2 saturated heterocycles. The number of nitrogens with one attached hydrogen (secondary N) is 2. The second-order valence-corrected chi connectivity index (χ2v) is 8.69. The van der Waals surface area contributed by atoms with Crippen molar-refractivity contribution in [2.45, 2.75) is 19.4 Å². The van der Waals surface area contributed by atoms with E-state index in [-0.39, 0.29) is 0 Å². The van der Waals surface area contributed by atoms with Gasteiger partial charge in [0.05, 0.1) is 12.9 Å². The van der Waals surface area contributed by atoms with E-state index in [1.807, 2.05) is 12.1 Å². The molecule has 0 aliphatic carbocycles. The first-order chi connectivity index (χ1) is 11.9. The van der Waals surface area contributed by atoms with E-state index in [9.17, 15) is 8.42 Å². The number of nitrogens with zero attached hydrogens (tertiary/aromatic N) is 2. The van der Waals surface area contributed by atoms with Crippen molar-refractivity contribution in [1.82, 2.24) is 10.2 Å². The number of hydrogen-bond donors (Lipinski definition) is 2. The highest BCUT2D eigenvalue weighted by molar-refractivity contribution is 7.92. The van der Waals surface area contributed by atoms with Crippen LogP contribution >= 0.6 is 0 Å². The number of sulfonamides is 1. The summed E-state index contributed by atoms with van der Waals surface area (Å²) < 4.78 is 30.5. The molecule has 1 aromatic carbocycles. The van der Waals surface area contributed by atoms with Gasteiger partial charge in [-0.1, -0.05) is 12.1 Å². The zero-order valence-corrected chi connectivity index (χ0v) is 15.6. The quantitative estimate of drug-likeness (QED) is 0.619. The summed E-state index contributed by atoms with van der Waals surface area (Å²) in [6.45, 7) is 4.36. The van der Waals surface area contributed by atoms with Gasteiger partial charge in [-0.05, 0) is 30.5 Å². The van der Waals surface area contributed by atoms with Crippen LogP contribution in [0.2, 0.25) is 0 Å². The van der Waals surface area contributed by atoms with E-state index in [1.165, 1.54) is 0 Å². The Balaban J connectivity index is 1.55. The molecule has 0 aromatic heterocycles. The van der Waals surface area contributed by atoms with Crippen molar-refractivity contribution < 1.29 is 13.2 Å². The Morgan fingerprint density at radius 2 is 2.08 bits per heavy atom. The van der Waals surface area contributed by atoms with Crippen molar-refractivity contribution in [3.63, 3.8) is 0 Å². The Morgan fingerprint density at radius 1 is 1.32 bits per heavy atom. The maximum absolute atomic E-state index is 11.2. The highest BCUT2D eigenvalue weighted by atomic mass is 32.2. The minimum Gasteiger partial charge on any atom is -0.381 e. The molecule has 3 rings (SSSR count). The molecular formula is C17H26N4O3S. The average molecular weight is 366 g/mol. The molecule has 0 saturated carbocycles. The first-order valence-corrected chi connectivity index (χ1v) is 10.4. The zero-order chi connectivity index (χ0) is 17.9. The van der Waals surface area contributed by atoms with Gasteiger partial charge in [0.25, 0.3) is 0 Å². The van der Waals surface area contributed by atoms with E-state index in [0.717, 1.165) is 56.9 Å². The fraction of sp³-hybridized carbons (Fsp3) is 0.588. The van der Waals surface area contributed by atoms with Crippen LogP contribution in [0, 0.1) is 5.41 Å². The standard InChI is InChI=1S/C17H26N4O3S/c1-18-16(21-9-7-17(12-21)8-10-24-13-17)19-11-14-3-5-15(6-4-14)20-25(2,22)23/h3-6,20H,7-13H2,1-2H3,(H,18,19). The molecule has 0 amide bonds. The Bertz CT molecular complexity index is 725. The van der Waals surface area contributed by atoms with Crippen LogP contribution in [0.25, 0.3) is 0 Å². The van der Waals surface area contributed by atoms with Crippen molar-refractivity contribution in [1.29, 1.82) is 0 Å². The average Bonchev–Trinajstić information content (AvgIpc) is 3.19. The summed E-state index contributed by atoms with van der Waals surface area (Å²) in [6, 6.07) is 7.34. The van der Waals surface area contributed by atoms with Crippen LogP contribution in [0.5, 0.6) is 0 Å². The summed E-state index contributed by atoms with van der Waals surface area (Å²) in [5.74, 6) is 0.905. The van der Waals surface area contributed by atoms with Crippen LogP contribution in [0.1, 0.15) is 18.4 Å². The molecule has 2 heterocycles. The molecule has 7 nitrogen and oxygen atoms in total. The Hall–Kier alpha value is -1.80. The Kier molecular flexibility index (Phi) is 5.19. The van der Waals surface area contributed by atoms with Crippen molar-refractivity contribution in [3.05, 3.63) is 29.8 Å². The fourth-order valence-corrected chi connectivity index (χ4v) is 4.07. The largest absolute Gasteiger partial charge is 0.381 e. The monoisotopic (exact) mass is 366 g/mol. The highest BCUT2D eigenvalue weighted by Crippen LogP contribution is 2.38. The molecular weight excluding hydrogens is 340 g/mol. The lowest BCUT2D eigenvalue weighted by Crippen LogP contribution is -2.41. The van der Waals surface area contributed by atoms with Gasteiger partial charge in [-0.3, -0.25) is 9.71 Å². The van der Waals surface area contributed by atoms with Crippen LogP contribution < -0.4 is 10.0 Å². The lowest BCUT2D eigenvalue weighted by atomic mass is 9.87. The van der Waals surface area contributed by atoms with E-state index in [4.69, 9.17) is 4.74 Å². The molecule has 2 aliphatic heterocycles. The number of benzene rings is 1. The third-order valence-electron chi connectivity index (χ3n) is 4.84. The van der Waals surface area contributed by atoms with Gasteiger partial charge >= 0.3 is 0 Å². The molecule has 1 unspecified atom stereocenters. The fourth-order valence-electron chi connectivity index (χ4n) is 3.51. The van der Waals surface area contributed by atoms with E-state index in [1.54, 1.807) is 19.2 Å². The molecule has 1 aromatic rings. The summed E-state index contributed by atoms with van der Waals surface area (Å²) in [5.41, 5.74) is 1.94. The first-order valence-electron chi connectivity index (χ1n) is 8.49. The van der Waals surface area contributed by atoms with Gasteiger partial charge in [0, 0.05) is 44.4 Å². The second-order valence-electron chi connectivity index (χ2n) is 6.95. The highest BCUT2D eigenvalue weighted by Gasteiger charge is 2.42. The SMILES string of the molecule is CN=C(NCc1ccc(NS(C)(=O)=O)cc1)N1CCC2(CCOC2)C1. The van der Waals surface area contributed by atoms with Crippen molar-refractivity contribution in [3.8, 4) is 0 Å². The molecule has 2 N–H and O–H groups in total. The summed E-state index contributed by atoms with van der Waals surface area (Å²) in [6.07, 6.45) is 3.43.